The van der Waals surface area contributed by atoms with E-state index in [2.05, 4.69) is 0 Å². The fourth-order valence-corrected chi connectivity index (χ4v) is 2.46. The van der Waals surface area contributed by atoms with Crippen LogP contribution in [0, 0.1) is 5.82 Å². The average molecular weight is 384 g/mol. The molecule has 0 atom stereocenters. The van der Waals surface area contributed by atoms with Gasteiger partial charge in [0.1, 0.15) is 5.82 Å². The van der Waals surface area contributed by atoms with Crippen molar-refractivity contribution in [2.24, 2.45) is 0 Å². The summed E-state index contributed by atoms with van der Waals surface area (Å²) >= 11 is 11.6. The summed E-state index contributed by atoms with van der Waals surface area (Å²) in [5, 5.41) is 0.547. The lowest BCUT2D eigenvalue weighted by molar-refractivity contribution is -0.134. The van der Waals surface area contributed by atoms with Crippen molar-refractivity contribution in [3.63, 3.8) is 0 Å². The lowest BCUT2D eigenvalue weighted by atomic mass is 10.2. The molecule has 2 aromatic rings. The minimum atomic E-state index is -0.672. The van der Waals surface area contributed by atoms with E-state index in [-0.39, 0.29) is 28.9 Å². The predicted molar refractivity (Wildman–Crippen MR) is 94.2 cm³/mol. The molecule has 0 fully saturated rings. The van der Waals surface area contributed by atoms with Crippen LogP contribution in [0.15, 0.2) is 42.5 Å². The summed E-state index contributed by atoms with van der Waals surface area (Å²) in [5.41, 5.74) is 0.862. The summed E-state index contributed by atoms with van der Waals surface area (Å²) in [4.78, 5) is 25.7. The van der Waals surface area contributed by atoms with Gasteiger partial charge in [-0.3, -0.25) is 4.79 Å². The summed E-state index contributed by atoms with van der Waals surface area (Å²) < 4.78 is 18.3. The normalized spacial score (nSPS) is 10.4. The third-order valence-electron chi connectivity index (χ3n) is 3.48. The van der Waals surface area contributed by atoms with Gasteiger partial charge < -0.3 is 9.64 Å². The first-order valence-electron chi connectivity index (χ1n) is 7.55. The SMILES string of the molecule is CCN(Cc1cccc(F)c1)C(=O)COC(=O)c1ccc(Cl)c(Cl)c1. The maximum Gasteiger partial charge on any atom is 0.338 e. The smallest absolute Gasteiger partial charge is 0.338 e. The van der Waals surface area contributed by atoms with Crippen LogP contribution in [0.5, 0.6) is 0 Å². The van der Waals surface area contributed by atoms with Crippen LogP contribution in [0.3, 0.4) is 0 Å². The summed E-state index contributed by atoms with van der Waals surface area (Å²) in [5.74, 6) is -1.42. The van der Waals surface area contributed by atoms with E-state index < -0.39 is 12.6 Å². The minimum Gasteiger partial charge on any atom is -0.452 e. The maximum atomic E-state index is 13.2. The zero-order chi connectivity index (χ0) is 18.4. The molecule has 0 aliphatic heterocycles. The number of likely N-dealkylation sites (N-methyl/N-ethyl adjacent to an activating group) is 1. The Hall–Kier alpha value is -2.11. The molecule has 0 aromatic heterocycles. The van der Waals surface area contributed by atoms with Crippen LogP contribution in [0.4, 0.5) is 4.39 Å². The Balaban J connectivity index is 1.95. The predicted octanol–water partition coefficient (Wildman–Crippen LogP) is 4.34. The highest BCUT2D eigenvalue weighted by Crippen LogP contribution is 2.22. The first-order chi connectivity index (χ1) is 11.9. The average Bonchev–Trinajstić information content (AvgIpc) is 2.59. The van der Waals surface area contributed by atoms with Crippen molar-refractivity contribution in [2.75, 3.05) is 13.2 Å². The molecular formula is C18H16Cl2FNO3. The van der Waals surface area contributed by atoms with Crippen molar-refractivity contribution < 1.29 is 18.7 Å². The number of esters is 1. The van der Waals surface area contributed by atoms with E-state index in [0.717, 1.165) is 0 Å². The van der Waals surface area contributed by atoms with Crippen LogP contribution in [0.25, 0.3) is 0 Å². The molecule has 0 unspecified atom stereocenters. The lowest BCUT2D eigenvalue weighted by Crippen LogP contribution is -2.34. The quantitative estimate of drug-likeness (QED) is 0.697. The van der Waals surface area contributed by atoms with E-state index in [1.54, 1.807) is 19.1 Å². The van der Waals surface area contributed by atoms with Crippen molar-refractivity contribution in [3.05, 3.63) is 69.5 Å². The fourth-order valence-electron chi connectivity index (χ4n) is 2.16. The summed E-state index contributed by atoms with van der Waals surface area (Å²) in [6.45, 7) is 2.01. The molecule has 0 radical (unpaired) electrons. The van der Waals surface area contributed by atoms with Crippen LogP contribution in [0.1, 0.15) is 22.8 Å². The fraction of sp³-hybridized carbons (Fsp3) is 0.222. The highest BCUT2D eigenvalue weighted by molar-refractivity contribution is 6.42. The van der Waals surface area contributed by atoms with Gasteiger partial charge in [-0.05, 0) is 42.8 Å². The van der Waals surface area contributed by atoms with Crippen molar-refractivity contribution in [1.82, 2.24) is 4.90 Å². The van der Waals surface area contributed by atoms with Crippen LogP contribution < -0.4 is 0 Å². The van der Waals surface area contributed by atoms with Crippen molar-refractivity contribution >= 4 is 35.1 Å². The van der Waals surface area contributed by atoms with E-state index in [1.165, 1.54) is 35.2 Å². The number of hydrogen-bond donors (Lipinski definition) is 0. The molecule has 2 aromatic carbocycles. The molecular weight excluding hydrogens is 368 g/mol. The molecule has 0 aliphatic rings. The Labute approximate surface area is 155 Å². The number of halogens is 3. The minimum absolute atomic E-state index is 0.204. The third-order valence-corrected chi connectivity index (χ3v) is 4.22. The van der Waals surface area contributed by atoms with Crippen LogP contribution in [0.2, 0.25) is 10.0 Å². The lowest BCUT2D eigenvalue weighted by Gasteiger charge is -2.21. The maximum absolute atomic E-state index is 13.2. The van der Waals surface area contributed by atoms with Gasteiger partial charge in [0, 0.05) is 13.1 Å². The van der Waals surface area contributed by atoms with Gasteiger partial charge in [-0.2, -0.15) is 0 Å². The highest BCUT2D eigenvalue weighted by atomic mass is 35.5. The van der Waals surface area contributed by atoms with Gasteiger partial charge in [0.2, 0.25) is 0 Å². The topological polar surface area (TPSA) is 46.6 Å². The second-order valence-electron chi connectivity index (χ2n) is 5.24. The van der Waals surface area contributed by atoms with E-state index in [9.17, 15) is 14.0 Å². The first kappa shape index (κ1) is 19.2. The molecule has 0 heterocycles. The number of carbonyl (C=O) groups is 2. The second-order valence-corrected chi connectivity index (χ2v) is 6.06. The summed E-state index contributed by atoms with van der Waals surface area (Å²) in [6.07, 6.45) is 0. The molecule has 0 aliphatic carbocycles. The Morgan fingerprint density at radius 3 is 2.52 bits per heavy atom. The number of hydrogen-bond acceptors (Lipinski definition) is 3. The van der Waals surface area contributed by atoms with E-state index in [0.29, 0.717) is 17.1 Å². The molecule has 1 amide bonds. The number of amides is 1. The molecule has 4 nitrogen and oxygen atoms in total. The number of carbonyl (C=O) groups excluding carboxylic acids is 2. The number of benzene rings is 2. The largest absolute Gasteiger partial charge is 0.452 e. The number of ether oxygens (including phenoxy) is 1. The zero-order valence-corrected chi connectivity index (χ0v) is 15.0. The summed E-state index contributed by atoms with van der Waals surface area (Å²) in [6, 6.07) is 10.3. The van der Waals surface area contributed by atoms with Crippen LogP contribution in [-0.2, 0) is 16.1 Å². The number of rotatable bonds is 6. The molecule has 0 saturated heterocycles. The van der Waals surface area contributed by atoms with Crippen LogP contribution >= 0.6 is 23.2 Å². The third kappa shape index (κ3) is 5.44. The van der Waals surface area contributed by atoms with E-state index in [4.69, 9.17) is 27.9 Å². The molecule has 25 heavy (non-hydrogen) atoms. The molecule has 0 bridgehead atoms. The van der Waals surface area contributed by atoms with Gasteiger partial charge in [0.15, 0.2) is 6.61 Å². The van der Waals surface area contributed by atoms with Crippen molar-refractivity contribution in [2.45, 2.75) is 13.5 Å². The van der Waals surface area contributed by atoms with E-state index in [1.807, 2.05) is 0 Å². The van der Waals surface area contributed by atoms with Gasteiger partial charge in [-0.25, -0.2) is 9.18 Å². The zero-order valence-electron chi connectivity index (χ0n) is 13.5. The molecule has 0 N–H and O–H groups in total. The molecule has 2 rings (SSSR count). The van der Waals surface area contributed by atoms with Crippen molar-refractivity contribution in [3.8, 4) is 0 Å². The number of nitrogens with zero attached hydrogens (tertiary/aromatic N) is 1. The van der Waals surface area contributed by atoms with Gasteiger partial charge in [0.25, 0.3) is 5.91 Å². The monoisotopic (exact) mass is 383 g/mol. The summed E-state index contributed by atoms with van der Waals surface area (Å²) in [7, 11) is 0. The van der Waals surface area contributed by atoms with Gasteiger partial charge in [-0.15, -0.1) is 0 Å². The molecule has 0 saturated carbocycles. The Kier molecular flexibility index (Phi) is 6.79. The highest BCUT2D eigenvalue weighted by Gasteiger charge is 2.16. The Morgan fingerprint density at radius 2 is 1.88 bits per heavy atom. The molecule has 7 heteroatoms. The van der Waals surface area contributed by atoms with Crippen molar-refractivity contribution in [1.29, 1.82) is 0 Å². The van der Waals surface area contributed by atoms with Crippen LogP contribution in [-0.4, -0.2) is 29.9 Å². The van der Waals surface area contributed by atoms with E-state index >= 15 is 0 Å². The molecule has 132 valence electrons. The Morgan fingerprint density at radius 1 is 1.12 bits per heavy atom. The van der Waals surface area contributed by atoms with Gasteiger partial charge >= 0.3 is 5.97 Å². The van der Waals surface area contributed by atoms with Gasteiger partial charge in [-0.1, -0.05) is 35.3 Å². The molecule has 0 spiro atoms. The van der Waals surface area contributed by atoms with Gasteiger partial charge in [0.05, 0.1) is 15.6 Å². The Bertz CT molecular complexity index is 783. The second kappa shape index (κ2) is 8.83. The first-order valence-corrected chi connectivity index (χ1v) is 8.30. The standard InChI is InChI=1S/C18H16Cl2FNO3/c1-2-22(10-12-4-3-5-14(21)8-12)17(23)11-25-18(24)13-6-7-15(19)16(20)9-13/h3-9H,2,10-11H2,1H3.